The van der Waals surface area contributed by atoms with Crippen molar-refractivity contribution in [2.24, 2.45) is 5.92 Å². The van der Waals surface area contributed by atoms with Gasteiger partial charge < -0.3 is 19.5 Å². The Balaban J connectivity index is 1.51. The number of nitrogens with one attached hydrogen (secondary N) is 1. The van der Waals surface area contributed by atoms with Crippen LogP contribution in [0, 0.1) is 5.92 Å². The molecule has 20 heavy (non-hydrogen) atoms. The standard InChI is InChI=1S/C15H19NO4/c17-15(19-10-11-5-7-18-8-6-11)14-9-16-12-3-1-2-4-13(12)20-14/h1-4,11,14,16H,5-10H2. The molecule has 2 aliphatic rings. The first-order valence-electron chi connectivity index (χ1n) is 7.07. The second kappa shape index (κ2) is 6.13. The van der Waals surface area contributed by atoms with Gasteiger partial charge in [-0.2, -0.15) is 0 Å². The van der Waals surface area contributed by atoms with Crippen molar-refractivity contribution in [3.05, 3.63) is 24.3 Å². The van der Waals surface area contributed by atoms with Crippen LogP contribution in [0.5, 0.6) is 5.75 Å². The van der Waals surface area contributed by atoms with Crippen LogP contribution in [0.25, 0.3) is 0 Å². The molecule has 0 radical (unpaired) electrons. The number of esters is 1. The van der Waals surface area contributed by atoms with E-state index in [0.717, 1.165) is 31.7 Å². The lowest BCUT2D eigenvalue weighted by Crippen LogP contribution is -2.39. The summed E-state index contributed by atoms with van der Waals surface area (Å²) in [6, 6.07) is 7.59. The number of rotatable bonds is 3. The topological polar surface area (TPSA) is 56.8 Å². The van der Waals surface area contributed by atoms with E-state index >= 15 is 0 Å². The Morgan fingerprint density at radius 2 is 2.10 bits per heavy atom. The maximum absolute atomic E-state index is 12.0. The fraction of sp³-hybridized carbons (Fsp3) is 0.533. The Labute approximate surface area is 118 Å². The van der Waals surface area contributed by atoms with Gasteiger partial charge in [-0.15, -0.1) is 0 Å². The summed E-state index contributed by atoms with van der Waals surface area (Å²) < 4.78 is 16.3. The molecule has 2 aliphatic heterocycles. The van der Waals surface area contributed by atoms with Gasteiger partial charge in [-0.25, -0.2) is 4.79 Å². The molecule has 0 bridgehead atoms. The van der Waals surface area contributed by atoms with Gasteiger partial charge in [0.05, 0.1) is 18.8 Å². The van der Waals surface area contributed by atoms with Gasteiger partial charge in [-0.05, 0) is 30.9 Å². The van der Waals surface area contributed by atoms with E-state index in [1.807, 2.05) is 24.3 Å². The first-order valence-corrected chi connectivity index (χ1v) is 7.07. The molecule has 1 aromatic carbocycles. The summed E-state index contributed by atoms with van der Waals surface area (Å²) in [5, 5.41) is 3.19. The SMILES string of the molecule is O=C(OCC1CCOCC1)C1CNc2ccccc2O1. The van der Waals surface area contributed by atoms with Crippen LogP contribution in [0.15, 0.2) is 24.3 Å². The highest BCUT2D eigenvalue weighted by molar-refractivity contribution is 5.77. The summed E-state index contributed by atoms with van der Waals surface area (Å²) >= 11 is 0. The third-order valence-corrected chi connectivity index (χ3v) is 3.70. The van der Waals surface area contributed by atoms with Crippen molar-refractivity contribution in [1.82, 2.24) is 0 Å². The summed E-state index contributed by atoms with van der Waals surface area (Å²) in [5.41, 5.74) is 0.918. The molecule has 1 saturated heterocycles. The van der Waals surface area contributed by atoms with Crippen molar-refractivity contribution in [2.75, 3.05) is 31.7 Å². The first kappa shape index (κ1) is 13.2. The number of anilines is 1. The number of hydrogen-bond acceptors (Lipinski definition) is 5. The zero-order valence-electron chi connectivity index (χ0n) is 11.3. The summed E-state index contributed by atoms with van der Waals surface area (Å²) in [6.07, 6.45) is 1.35. The number of fused-ring (bicyclic) bond motifs is 1. The number of carbonyl (C=O) groups excluding carboxylic acids is 1. The molecule has 3 rings (SSSR count). The van der Waals surface area contributed by atoms with Crippen molar-refractivity contribution in [3.8, 4) is 5.75 Å². The molecule has 1 atom stereocenters. The van der Waals surface area contributed by atoms with E-state index in [1.165, 1.54) is 0 Å². The molecule has 1 aromatic rings. The molecule has 5 heteroatoms. The second-order valence-electron chi connectivity index (χ2n) is 5.17. The van der Waals surface area contributed by atoms with Gasteiger partial charge in [0, 0.05) is 13.2 Å². The summed E-state index contributed by atoms with van der Waals surface area (Å²) in [6.45, 7) is 2.43. The summed E-state index contributed by atoms with van der Waals surface area (Å²) in [5.74, 6) is 0.821. The third-order valence-electron chi connectivity index (χ3n) is 3.70. The normalized spacial score (nSPS) is 22.3. The van der Waals surface area contributed by atoms with Crippen LogP contribution in [0.4, 0.5) is 5.69 Å². The quantitative estimate of drug-likeness (QED) is 0.854. The maximum Gasteiger partial charge on any atom is 0.349 e. The molecule has 1 fully saturated rings. The molecular formula is C15H19NO4. The smallest absolute Gasteiger partial charge is 0.349 e. The van der Waals surface area contributed by atoms with Crippen molar-refractivity contribution < 1.29 is 19.0 Å². The lowest BCUT2D eigenvalue weighted by Gasteiger charge is -2.27. The average Bonchev–Trinajstić information content (AvgIpc) is 2.53. The third kappa shape index (κ3) is 3.04. The lowest BCUT2D eigenvalue weighted by molar-refractivity contribution is -0.153. The van der Waals surface area contributed by atoms with E-state index in [0.29, 0.717) is 24.8 Å². The fourth-order valence-corrected chi connectivity index (χ4v) is 2.45. The van der Waals surface area contributed by atoms with E-state index in [9.17, 15) is 4.79 Å². The fourth-order valence-electron chi connectivity index (χ4n) is 2.45. The number of hydrogen-bond donors (Lipinski definition) is 1. The van der Waals surface area contributed by atoms with Gasteiger partial charge in [0.1, 0.15) is 5.75 Å². The molecule has 108 valence electrons. The Bertz CT molecular complexity index is 471. The van der Waals surface area contributed by atoms with E-state index in [2.05, 4.69) is 5.32 Å². The van der Waals surface area contributed by atoms with Crippen molar-refractivity contribution >= 4 is 11.7 Å². The zero-order chi connectivity index (χ0) is 13.8. The Morgan fingerprint density at radius 1 is 1.30 bits per heavy atom. The molecule has 1 N–H and O–H groups in total. The molecule has 0 saturated carbocycles. The minimum atomic E-state index is -0.565. The van der Waals surface area contributed by atoms with Crippen molar-refractivity contribution in [1.29, 1.82) is 0 Å². The van der Waals surface area contributed by atoms with Gasteiger partial charge in [0.25, 0.3) is 0 Å². The van der Waals surface area contributed by atoms with Crippen molar-refractivity contribution in [2.45, 2.75) is 18.9 Å². The summed E-state index contributed by atoms with van der Waals surface area (Å²) in [4.78, 5) is 12.0. The van der Waals surface area contributed by atoms with E-state index < -0.39 is 6.10 Å². The number of benzene rings is 1. The van der Waals surface area contributed by atoms with Gasteiger partial charge in [0.15, 0.2) is 0 Å². The molecule has 1 unspecified atom stereocenters. The second-order valence-corrected chi connectivity index (χ2v) is 5.17. The molecule has 0 amide bonds. The van der Waals surface area contributed by atoms with Crippen LogP contribution in [-0.4, -0.2) is 38.4 Å². The van der Waals surface area contributed by atoms with E-state index in [-0.39, 0.29) is 5.97 Å². The molecule has 0 spiro atoms. The van der Waals surface area contributed by atoms with Crippen LogP contribution in [0.2, 0.25) is 0 Å². The molecule has 0 aliphatic carbocycles. The number of ether oxygens (including phenoxy) is 3. The molecule has 0 aromatic heterocycles. The van der Waals surface area contributed by atoms with Crippen LogP contribution in [0.1, 0.15) is 12.8 Å². The van der Waals surface area contributed by atoms with Crippen LogP contribution < -0.4 is 10.1 Å². The van der Waals surface area contributed by atoms with E-state index in [4.69, 9.17) is 14.2 Å². The van der Waals surface area contributed by atoms with Crippen molar-refractivity contribution in [3.63, 3.8) is 0 Å². The van der Waals surface area contributed by atoms with Crippen LogP contribution in [0.3, 0.4) is 0 Å². The van der Waals surface area contributed by atoms with Gasteiger partial charge in [0.2, 0.25) is 6.10 Å². The zero-order valence-corrected chi connectivity index (χ0v) is 11.3. The van der Waals surface area contributed by atoms with Gasteiger partial charge in [-0.3, -0.25) is 0 Å². The number of para-hydroxylation sites is 2. The van der Waals surface area contributed by atoms with Gasteiger partial charge in [-0.1, -0.05) is 12.1 Å². The summed E-state index contributed by atoms with van der Waals surface area (Å²) in [7, 11) is 0. The average molecular weight is 277 g/mol. The van der Waals surface area contributed by atoms with Crippen LogP contribution in [-0.2, 0) is 14.3 Å². The molecular weight excluding hydrogens is 258 g/mol. The maximum atomic E-state index is 12.0. The highest BCUT2D eigenvalue weighted by Gasteiger charge is 2.28. The highest BCUT2D eigenvalue weighted by Crippen LogP contribution is 2.28. The highest BCUT2D eigenvalue weighted by atomic mass is 16.6. The number of carbonyl (C=O) groups is 1. The Morgan fingerprint density at radius 3 is 2.95 bits per heavy atom. The van der Waals surface area contributed by atoms with Crippen LogP contribution >= 0.6 is 0 Å². The minimum Gasteiger partial charge on any atom is -0.475 e. The first-order chi connectivity index (χ1) is 9.83. The lowest BCUT2D eigenvalue weighted by atomic mass is 10.0. The predicted molar refractivity (Wildman–Crippen MR) is 73.8 cm³/mol. The van der Waals surface area contributed by atoms with Gasteiger partial charge >= 0.3 is 5.97 Å². The minimum absolute atomic E-state index is 0.293. The largest absolute Gasteiger partial charge is 0.475 e. The monoisotopic (exact) mass is 277 g/mol. The molecule has 5 nitrogen and oxygen atoms in total. The van der Waals surface area contributed by atoms with E-state index in [1.54, 1.807) is 0 Å². The predicted octanol–water partition coefficient (Wildman–Crippen LogP) is 1.83. The Kier molecular flexibility index (Phi) is 4.06. The Hall–Kier alpha value is -1.75. The molecule has 2 heterocycles.